The van der Waals surface area contributed by atoms with E-state index in [1.54, 1.807) is 6.92 Å². The van der Waals surface area contributed by atoms with Gasteiger partial charge in [0.15, 0.2) is 11.2 Å². The van der Waals surface area contributed by atoms with E-state index in [4.69, 9.17) is 4.42 Å². The van der Waals surface area contributed by atoms with E-state index >= 15 is 0 Å². The molecule has 0 N–H and O–H groups in total. The summed E-state index contributed by atoms with van der Waals surface area (Å²) in [5.74, 6) is 0. The zero-order valence-corrected chi connectivity index (χ0v) is 6.73. The third-order valence-corrected chi connectivity index (χ3v) is 1.61. The zero-order chi connectivity index (χ0) is 9.42. The Morgan fingerprint density at radius 1 is 1.23 bits per heavy atom. The molecule has 0 aromatic carbocycles. The second kappa shape index (κ2) is 2.55. The maximum absolute atomic E-state index is 10.8. The quantitative estimate of drug-likeness (QED) is 0.549. The predicted octanol–water partition coefficient (Wildman–Crippen LogP) is 0.450. The summed E-state index contributed by atoms with van der Waals surface area (Å²) < 4.78 is 9.37. The molecule has 2 aromatic rings. The van der Waals surface area contributed by atoms with E-state index in [2.05, 4.69) is 9.40 Å². The Morgan fingerprint density at radius 2 is 1.92 bits per heavy atom. The predicted molar refractivity (Wildman–Crippen MR) is 43.6 cm³/mol. The molecule has 0 aliphatic heterocycles. The number of pyridine rings is 1. The van der Waals surface area contributed by atoms with Crippen LogP contribution in [0.3, 0.4) is 0 Å². The zero-order valence-electron chi connectivity index (χ0n) is 6.73. The van der Waals surface area contributed by atoms with Gasteiger partial charge in [-0.25, -0.2) is 9.59 Å². The van der Waals surface area contributed by atoms with Crippen LogP contribution < -0.4 is 11.3 Å². The molecule has 0 bridgehead atoms. The van der Waals surface area contributed by atoms with Crippen LogP contribution in [-0.2, 0) is 0 Å². The minimum Gasteiger partial charge on any atom is -0.414 e. The van der Waals surface area contributed by atoms with Crippen LogP contribution in [0.4, 0.5) is 0 Å². The average Bonchev–Trinajstić information content (AvgIpc) is 2.09. The highest BCUT2D eigenvalue weighted by atomic mass is 16.5. The fourth-order valence-corrected chi connectivity index (χ4v) is 1.01. The van der Waals surface area contributed by atoms with Crippen molar-refractivity contribution in [1.29, 1.82) is 0 Å². The van der Waals surface area contributed by atoms with Crippen molar-refractivity contribution in [3.05, 3.63) is 38.8 Å². The van der Waals surface area contributed by atoms with Crippen molar-refractivity contribution in [2.24, 2.45) is 0 Å². The molecule has 0 saturated carbocycles. The number of nitrogens with zero attached hydrogens (tertiary/aromatic N) is 1. The molecule has 5 heteroatoms. The van der Waals surface area contributed by atoms with Crippen LogP contribution in [0.25, 0.3) is 11.2 Å². The Kier molecular flexibility index (Phi) is 1.51. The van der Waals surface area contributed by atoms with Gasteiger partial charge in [0.25, 0.3) is 0 Å². The Bertz CT molecular complexity index is 566. The summed E-state index contributed by atoms with van der Waals surface area (Å²) in [6.07, 6.45) is 1.47. The maximum atomic E-state index is 10.8. The Hall–Kier alpha value is -1.91. The fourth-order valence-electron chi connectivity index (χ4n) is 1.01. The molecular weight excluding hydrogens is 174 g/mol. The van der Waals surface area contributed by atoms with Crippen LogP contribution >= 0.6 is 0 Å². The Balaban J connectivity index is 3.06. The van der Waals surface area contributed by atoms with Crippen LogP contribution in [0.1, 0.15) is 5.69 Å². The molecule has 0 spiro atoms. The second-order valence-corrected chi connectivity index (χ2v) is 2.50. The highest BCUT2D eigenvalue weighted by Gasteiger charge is 2.06. The van der Waals surface area contributed by atoms with Gasteiger partial charge in [0.1, 0.15) is 0 Å². The van der Waals surface area contributed by atoms with Crippen molar-refractivity contribution in [2.45, 2.75) is 6.92 Å². The largest absolute Gasteiger partial charge is 0.423 e. The van der Waals surface area contributed by atoms with Gasteiger partial charge in [0.2, 0.25) is 0 Å². The minimum atomic E-state index is -1.01. The third kappa shape index (κ3) is 1.14. The molecule has 5 nitrogen and oxygen atoms in total. The molecule has 0 aliphatic rings. The highest BCUT2D eigenvalue weighted by molar-refractivity contribution is 5.70. The number of rotatable bonds is 0. The summed E-state index contributed by atoms with van der Waals surface area (Å²) in [5.41, 5.74) is -1.05. The van der Waals surface area contributed by atoms with E-state index in [9.17, 15) is 9.59 Å². The molecule has 0 radical (unpaired) electrons. The summed E-state index contributed by atoms with van der Waals surface area (Å²) in [6.45, 7) is 1.66. The summed E-state index contributed by atoms with van der Waals surface area (Å²) in [6, 6.07) is 1.46. The van der Waals surface area contributed by atoms with Crippen LogP contribution in [0.2, 0.25) is 0 Å². The van der Waals surface area contributed by atoms with Gasteiger partial charge in [-0.05, 0) is 6.92 Å². The summed E-state index contributed by atoms with van der Waals surface area (Å²) in [4.78, 5) is 25.4. The third-order valence-electron chi connectivity index (χ3n) is 1.61. The summed E-state index contributed by atoms with van der Waals surface area (Å²) in [7, 11) is 0. The molecule has 0 unspecified atom stereocenters. The van der Waals surface area contributed by atoms with Gasteiger partial charge >= 0.3 is 11.3 Å². The van der Waals surface area contributed by atoms with E-state index in [0.717, 1.165) is 0 Å². The highest BCUT2D eigenvalue weighted by Crippen LogP contribution is 2.11. The first kappa shape index (κ1) is 7.72. The van der Waals surface area contributed by atoms with Crippen molar-refractivity contribution < 1.29 is 8.83 Å². The molecule has 0 fully saturated rings. The number of aromatic nitrogens is 1. The van der Waals surface area contributed by atoms with Crippen molar-refractivity contribution in [3.8, 4) is 0 Å². The number of hydrogen-bond donors (Lipinski definition) is 0. The molecule has 0 saturated heterocycles. The Labute approximate surface area is 71.6 Å². The lowest BCUT2D eigenvalue weighted by atomic mass is 10.3. The van der Waals surface area contributed by atoms with Gasteiger partial charge in [-0.2, -0.15) is 0 Å². The smallest absolute Gasteiger partial charge is 0.414 e. The molecule has 13 heavy (non-hydrogen) atoms. The molecule has 2 heterocycles. The molecule has 2 rings (SSSR count). The molecule has 0 atom stereocenters. The first-order valence-electron chi connectivity index (χ1n) is 3.58. The summed E-state index contributed by atoms with van der Waals surface area (Å²) in [5, 5.41) is 0. The SMILES string of the molecule is Cc1nccc2oc(=O)c(=O)oc12. The van der Waals surface area contributed by atoms with Crippen LogP contribution in [0.5, 0.6) is 0 Å². The number of hydrogen-bond acceptors (Lipinski definition) is 5. The maximum Gasteiger partial charge on any atom is 0.423 e. The van der Waals surface area contributed by atoms with E-state index in [-0.39, 0.29) is 11.2 Å². The van der Waals surface area contributed by atoms with Crippen LogP contribution in [0.15, 0.2) is 30.7 Å². The summed E-state index contributed by atoms with van der Waals surface area (Å²) >= 11 is 0. The van der Waals surface area contributed by atoms with Gasteiger partial charge < -0.3 is 8.83 Å². The van der Waals surface area contributed by atoms with E-state index in [1.807, 2.05) is 0 Å². The van der Waals surface area contributed by atoms with Gasteiger partial charge in [0.05, 0.1) is 5.69 Å². The van der Waals surface area contributed by atoms with Gasteiger partial charge in [-0.15, -0.1) is 0 Å². The van der Waals surface area contributed by atoms with Crippen molar-refractivity contribution in [3.63, 3.8) is 0 Å². The molecule has 66 valence electrons. The lowest BCUT2D eigenvalue weighted by Crippen LogP contribution is -2.21. The Morgan fingerprint density at radius 3 is 2.69 bits per heavy atom. The van der Waals surface area contributed by atoms with Gasteiger partial charge in [-0.1, -0.05) is 0 Å². The van der Waals surface area contributed by atoms with Crippen molar-refractivity contribution in [1.82, 2.24) is 4.98 Å². The van der Waals surface area contributed by atoms with Crippen molar-refractivity contribution >= 4 is 11.2 Å². The van der Waals surface area contributed by atoms with Crippen molar-refractivity contribution in [2.75, 3.05) is 0 Å². The van der Waals surface area contributed by atoms with E-state index in [0.29, 0.717) is 5.69 Å². The van der Waals surface area contributed by atoms with E-state index in [1.165, 1.54) is 12.3 Å². The fraction of sp³-hybridized carbons (Fsp3) is 0.125. The number of aryl methyl sites for hydroxylation is 1. The molecule has 0 aliphatic carbocycles. The minimum absolute atomic E-state index is 0.215. The van der Waals surface area contributed by atoms with Gasteiger partial charge in [-0.3, -0.25) is 4.98 Å². The first-order valence-corrected chi connectivity index (χ1v) is 3.58. The molecule has 2 aromatic heterocycles. The number of fused-ring (bicyclic) bond motifs is 1. The topological polar surface area (TPSA) is 73.3 Å². The lowest BCUT2D eigenvalue weighted by Gasteiger charge is -1.95. The van der Waals surface area contributed by atoms with Crippen LogP contribution in [0, 0.1) is 6.92 Å². The second-order valence-electron chi connectivity index (χ2n) is 2.50. The first-order chi connectivity index (χ1) is 6.18. The molecular formula is C8H5NO4. The van der Waals surface area contributed by atoms with E-state index < -0.39 is 11.3 Å². The molecule has 0 amide bonds. The normalized spacial score (nSPS) is 10.5. The van der Waals surface area contributed by atoms with Crippen LogP contribution in [-0.4, -0.2) is 4.98 Å². The average molecular weight is 179 g/mol. The lowest BCUT2D eigenvalue weighted by molar-refractivity contribution is 0.446. The van der Waals surface area contributed by atoms with Gasteiger partial charge in [0, 0.05) is 12.3 Å². The monoisotopic (exact) mass is 179 g/mol. The standard InChI is InChI=1S/C8H5NO4/c1-4-6-5(2-3-9-4)12-7(10)8(11)13-6/h2-3H,1H3.